The van der Waals surface area contributed by atoms with Crippen LogP contribution in [0.5, 0.6) is 0 Å². The van der Waals surface area contributed by atoms with Gasteiger partial charge >= 0.3 is 0 Å². The van der Waals surface area contributed by atoms with Crippen LogP contribution in [-0.2, 0) is 16.1 Å². The minimum atomic E-state index is -0.225. The Hall–Kier alpha value is -1.47. The Morgan fingerprint density at radius 2 is 2.05 bits per heavy atom. The lowest BCUT2D eigenvalue weighted by atomic mass is 10.1. The molecule has 0 fully saturated rings. The number of rotatable bonds is 5. The zero-order valence-corrected chi connectivity index (χ0v) is 13.4. The summed E-state index contributed by atoms with van der Waals surface area (Å²) in [6.07, 6.45) is 0. The number of nitrogens with zero attached hydrogens (tertiary/aromatic N) is 2. The molecule has 20 heavy (non-hydrogen) atoms. The second-order valence-corrected chi connectivity index (χ2v) is 6.65. The Balaban J connectivity index is 2.46. The fourth-order valence-corrected chi connectivity index (χ4v) is 2.37. The predicted octanol–water partition coefficient (Wildman–Crippen LogP) is 1.45. The number of nitrogens with one attached hydrogen (secondary N) is 2. The molecule has 0 saturated carbocycles. The minimum absolute atomic E-state index is 0.0164. The van der Waals surface area contributed by atoms with E-state index in [2.05, 4.69) is 15.6 Å². The molecule has 1 aromatic heterocycles. The maximum absolute atomic E-state index is 11.8. The molecular weight excluding hydrogens is 276 g/mol. The first kappa shape index (κ1) is 16.6. The maximum Gasteiger partial charge on any atom is 0.234 e. The SMILES string of the molecule is CC(=O)Nc1nc(CN(C)CC(=O)NC(C)(C)C)cs1. The van der Waals surface area contributed by atoms with E-state index in [0.29, 0.717) is 18.2 Å². The van der Waals surface area contributed by atoms with Crippen molar-refractivity contribution >= 4 is 28.3 Å². The van der Waals surface area contributed by atoms with Crippen LogP contribution in [0.2, 0.25) is 0 Å². The van der Waals surface area contributed by atoms with Gasteiger partial charge in [-0.15, -0.1) is 11.3 Å². The van der Waals surface area contributed by atoms with Gasteiger partial charge in [0.25, 0.3) is 0 Å². The number of hydrogen-bond donors (Lipinski definition) is 2. The Kier molecular flexibility index (Phi) is 5.64. The molecular formula is C13H22N4O2S. The lowest BCUT2D eigenvalue weighted by molar-refractivity contribution is -0.123. The second-order valence-electron chi connectivity index (χ2n) is 5.80. The number of hydrogen-bond acceptors (Lipinski definition) is 5. The molecule has 7 heteroatoms. The molecule has 1 heterocycles. The highest BCUT2D eigenvalue weighted by molar-refractivity contribution is 7.13. The van der Waals surface area contributed by atoms with Crippen LogP contribution < -0.4 is 10.6 Å². The standard InChI is InChI=1S/C13H22N4O2S/c1-9(18)14-12-15-10(8-20-12)6-17(5)7-11(19)16-13(2,3)4/h8H,6-7H2,1-5H3,(H,16,19)(H,14,15,18). The summed E-state index contributed by atoms with van der Waals surface area (Å²) < 4.78 is 0. The van der Waals surface area contributed by atoms with E-state index in [1.165, 1.54) is 18.3 Å². The number of carbonyl (C=O) groups is 2. The number of likely N-dealkylation sites (N-methyl/N-ethyl adjacent to an activating group) is 1. The van der Waals surface area contributed by atoms with Gasteiger partial charge in [-0.25, -0.2) is 4.98 Å². The summed E-state index contributed by atoms with van der Waals surface area (Å²) in [6, 6.07) is 0. The summed E-state index contributed by atoms with van der Waals surface area (Å²) in [5, 5.41) is 8.01. The van der Waals surface area contributed by atoms with Crippen molar-refractivity contribution in [3.05, 3.63) is 11.1 Å². The highest BCUT2D eigenvalue weighted by Gasteiger charge is 2.15. The monoisotopic (exact) mass is 298 g/mol. The van der Waals surface area contributed by atoms with Gasteiger partial charge in [0.05, 0.1) is 12.2 Å². The molecule has 0 aromatic carbocycles. The molecule has 0 aliphatic rings. The molecule has 2 amide bonds. The van der Waals surface area contributed by atoms with Gasteiger partial charge in [-0.3, -0.25) is 14.5 Å². The number of thiazole rings is 1. The topological polar surface area (TPSA) is 74.3 Å². The molecule has 0 radical (unpaired) electrons. The third kappa shape index (κ3) is 6.63. The number of anilines is 1. The first-order valence-electron chi connectivity index (χ1n) is 6.37. The van der Waals surface area contributed by atoms with Gasteiger partial charge in [-0.2, -0.15) is 0 Å². The Labute approximate surface area is 123 Å². The summed E-state index contributed by atoms with van der Waals surface area (Å²) >= 11 is 1.38. The molecule has 0 aliphatic heterocycles. The van der Waals surface area contributed by atoms with E-state index < -0.39 is 0 Å². The van der Waals surface area contributed by atoms with E-state index in [1.807, 2.05) is 38.1 Å². The van der Waals surface area contributed by atoms with Crippen LogP contribution in [0.15, 0.2) is 5.38 Å². The van der Waals surface area contributed by atoms with Crippen molar-refractivity contribution < 1.29 is 9.59 Å². The molecule has 1 aromatic rings. The van der Waals surface area contributed by atoms with E-state index in [4.69, 9.17) is 0 Å². The van der Waals surface area contributed by atoms with Crippen molar-refractivity contribution in [2.24, 2.45) is 0 Å². The summed E-state index contributed by atoms with van der Waals surface area (Å²) in [5.74, 6) is -0.152. The normalized spacial score (nSPS) is 11.5. The quantitative estimate of drug-likeness (QED) is 0.863. The fraction of sp³-hybridized carbons (Fsp3) is 0.615. The average Bonchev–Trinajstić information content (AvgIpc) is 2.60. The molecule has 0 saturated heterocycles. The van der Waals surface area contributed by atoms with Gasteiger partial charge < -0.3 is 10.6 Å². The minimum Gasteiger partial charge on any atom is -0.350 e. The maximum atomic E-state index is 11.8. The zero-order valence-electron chi connectivity index (χ0n) is 12.6. The molecule has 2 N–H and O–H groups in total. The van der Waals surface area contributed by atoms with Gasteiger partial charge in [0.1, 0.15) is 0 Å². The van der Waals surface area contributed by atoms with Gasteiger partial charge in [-0.1, -0.05) is 0 Å². The molecule has 1 rings (SSSR count). The highest BCUT2D eigenvalue weighted by Crippen LogP contribution is 2.16. The lowest BCUT2D eigenvalue weighted by Crippen LogP contribution is -2.45. The third-order valence-electron chi connectivity index (χ3n) is 2.19. The zero-order chi connectivity index (χ0) is 15.3. The lowest BCUT2D eigenvalue weighted by Gasteiger charge is -2.23. The van der Waals surface area contributed by atoms with Crippen LogP contribution in [0, 0.1) is 0 Å². The van der Waals surface area contributed by atoms with Crippen molar-refractivity contribution in [2.45, 2.75) is 39.8 Å². The Morgan fingerprint density at radius 3 is 2.60 bits per heavy atom. The number of aromatic nitrogens is 1. The second kappa shape index (κ2) is 6.81. The van der Waals surface area contributed by atoms with Crippen LogP contribution in [0.3, 0.4) is 0 Å². The van der Waals surface area contributed by atoms with Crippen molar-refractivity contribution in [1.82, 2.24) is 15.2 Å². The van der Waals surface area contributed by atoms with Crippen LogP contribution in [-0.4, -0.2) is 40.8 Å². The van der Waals surface area contributed by atoms with Gasteiger partial charge in [0.2, 0.25) is 11.8 Å². The van der Waals surface area contributed by atoms with Crippen molar-refractivity contribution in [2.75, 3.05) is 18.9 Å². The molecule has 0 atom stereocenters. The molecule has 112 valence electrons. The highest BCUT2D eigenvalue weighted by atomic mass is 32.1. The largest absolute Gasteiger partial charge is 0.350 e. The van der Waals surface area contributed by atoms with Crippen molar-refractivity contribution in [3.63, 3.8) is 0 Å². The first-order valence-corrected chi connectivity index (χ1v) is 7.25. The Bertz CT molecular complexity index is 479. The number of carbonyl (C=O) groups excluding carboxylic acids is 2. The van der Waals surface area contributed by atoms with E-state index in [0.717, 1.165) is 5.69 Å². The van der Waals surface area contributed by atoms with Crippen molar-refractivity contribution in [1.29, 1.82) is 0 Å². The molecule has 6 nitrogen and oxygen atoms in total. The van der Waals surface area contributed by atoms with Gasteiger partial charge in [-0.05, 0) is 27.8 Å². The van der Waals surface area contributed by atoms with E-state index in [1.54, 1.807) is 0 Å². The fourth-order valence-electron chi connectivity index (χ4n) is 1.62. The summed E-state index contributed by atoms with van der Waals surface area (Å²) in [6.45, 7) is 8.17. The third-order valence-corrected chi connectivity index (χ3v) is 3.00. The van der Waals surface area contributed by atoms with E-state index in [9.17, 15) is 9.59 Å². The number of amides is 2. The van der Waals surface area contributed by atoms with Crippen LogP contribution in [0.25, 0.3) is 0 Å². The summed E-state index contributed by atoms with van der Waals surface area (Å²) in [4.78, 5) is 28.9. The Morgan fingerprint density at radius 1 is 1.40 bits per heavy atom. The smallest absolute Gasteiger partial charge is 0.234 e. The van der Waals surface area contributed by atoms with Crippen LogP contribution >= 0.6 is 11.3 Å². The van der Waals surface area contributed by atoms with E-state index in [-0.39, 0.29) is 17.4 Å². The van der Waals surface area contributed by atoms with Gasteiger partial charge in [0.15, 0.2) is 5.13 Å². The van der Waals surface area contributed by atoms with Gasteiger partial charge in [0, 0.05) is 24.4 Å². The molecule has 0 aliphatic carbocycles. The molecule has 0 unspecified atom stereocenters. The average molecular weight is 298 g/mol. The van der Waals surface area contributed by atoms with E-state index >= 15 is 0 Å². The van der Waals surface area contributed by atoms with Crippen molar-refractivity contribution in [3.8, 4) is 0 Å². The first-order chi connectivity index (χ1) is 9.15. The van der Waals surface area contributed by atoms with Crippen LogP contribution in [0.4, 0.5) is 5.13 Å². The van der Waals surface area contributed by atoms with Crippen LogP contribution in [0.1, 0.15) is 33.4 Å². The summed E-state index contributed by atoms with van der Waals surface area (Å²) in [7, 11) is 1.86. The molecule has 0 spiro atoms. The molecule has 0 bridgehead atoms. The summed E-state index contributed by atoms with van der Waals surface area (Å²) in [5.41, 5.74) is 0.613. The predicted molar refractivity (Wildman–Crippen MR) is 80.6 cm³/mol.